The summed E-state index contributed by atoms with van der Waals surface area (Å²) in [5.74, 6) is 1.30. The number of para-hydroxylation sites is 1. The number of carbonyl (C=O) groups is 1. The summed E-state index contributed by atoms with van der Waals surface area (Å²) in [6.45, 7) is 2.49. The number of methoxy groups -OCH3 is 1. The number of thiazole rings is 1. The molecule has 0 unspecified atom stereocenters. The highest BCUT2D eigenvalue weighted by Gasteiger charge is 2.08. The molecule has 0 aliphatic heterocycles. The van der Waals surface area contributed by atoms with Crippen molar-refractivity contribution in [1.29, 1.82) is 0 Å². The average molecular weight is 385 g/mol. The zero-order valence-electron chi connectivity index (χ0n) is 15.7. The Labute approximate surface area is 163 Å². The lowest BCUT2D eigenvalue weighted by molar-refractivity contribution is -0.116. The fraction of sp³-hybridized carbons (Fsp3) is 0.333. The van der Waals surface area contributed by atoms with Crippen LogP contribution in [0.5, 0.6) is 11.5 Å². The summed E-state index contributed by atoms with van der Waals surface area (Å²) in [6.07, 6.45) is 3.17. The molecule has 1 heterocycles. The molecule has 3 aromatic rings. The number of fused-ring (bicyclic) bond motifs is 1. The second kappa shape index (κ2) is 9.37. The summed E-state index contributed by atoms with van der Waals surface area (Å²) >= 11 is 1.73. The fourth-order valence-electron chi connectivity index (χ4n) is 2.83. The van der Waals surface area contributed by atoms with Crippen LogP contribution in [0.3, 0.4) is 0 Å². The normalized spacial score (nSPS) is 10.7. The van der Waals surface area contributed by atoms with E-state index in [0.717, 1.165) is 29.8 Å². The topological polar surface area (TPSA) is 60.5 Å². The Morgan fingerprint density at radius 3 is 2.78 bits per heavy atom. The van der Waals surface area contributed by atoms with Gasteiger partial charge in [-0.2, -0.15) is 0 Å². The van der Waals surface area contributed by atoms with Gasteiger partial charge in [-0.3, -0.25) is 4.79 Å². The number of unbranched alkanes of at least 4 members (excludes halogenated alkanes) is 1. The lowest BCUT2D eigenvalue weighted by Gasteiger charge is -2.11. The van der Waals surface area contributed by atoms with Crippen molar-refractivity contribution in [2.45, 2.75) is 32.6 Å². The van der Waals surface area contributed by atoms with Gasteiger partial charge in [0.15, 0.2) is 11.5 Å². The lowest BCUT2D eigenvalue weighted by atomic mass is 10.2. The predicted molar refractivity (Wildman–Crippen MR) is 110 cm³/mol. The number of benzene rings is 2. The Hall–Kier alpha value is -2.60. The van der Waals surface area contributed by atoms with E-state index in [1.54, 1.807) is 24.5 Å². The van der Waals surface area contributed by atoms with E-state index in [9.17, 15) is 4.79 Å². The van der Waals surface area contributed by atoms with Gasteiger partial charge in [0.25, 0.3) is 0 Å². The van der Waals surface area contributed by atoms with Gasteiger partial charge in [-0.1, -0.05) is 12.1 Å². The van der Waals surface area contributed by atoms with Crippen LogP contribution >= 0.6 is 11.3 Å². The van der Waals surface area contributed by atoms with Crippen LogP contribution in [-0.2, 0) is 11.2 Å². The largest absolute Gasteiger partial charge is 0.493 e. The van der Waals surface area contributed by atoms with E-state index in [1.165, 1.54) is 4.70 Å². The quantitative estimate of drug-likeness (QED) is 0.524. The van der Waals surface area contributed by atoms with Gasteiger partial charge >= 0.3 is 0 Å². The SMILES string of the molecule is CCOc1ccc(NC(=O)CCCCc2nc3ccccc3s2)cc1OC. The molecule has 142 valence electrons. The number of aromatic nitrogens is 1. The molecule has 5 nitrogen and oxygen atoms in total. The molecule has 0 aliphatic carbocycles. The first kappa shape index (κ1) is 19.2. The maximum absolute atomic E-state index is 12.2. The Morgan fingerprint density at radius 1 is 1.15 bits per heavy atom. The van der Waals surface area contributed by atoms with Gasteiger partial charge in [0, 0.05) is 18.2 Å². The third-order valence-electron chi connectivity index (χ3n) is 4.13. The molecule has 0 fully saturated rings. The van der Waals surface area contributed by atoms with Crippen LogP contribution < -0.4 is 14.8 Å². The summed E-state index contributed by atoms with van der Waals surface area (Å²) in [5, 5.41) is 4.05. The van der Waals surface area contributed by atoms with Gasteiger partial charge in [0.2, 0.25) is 5.91 Å². The smallest absolute Gasteiger partial charge is 0.224 e. The van der Waals surface area contributed by atoms with Crippen molar-refractivity contribution in [2.75, 3.05) is 19.0 Å². The lowest BCUT2D eigenvalue weighted by Crippen LogP contribution is -2.11. The van der Waals surface area contributed by atoms with Crippen molar-refractivity contribution < 1.29 is 14.3 Å². The molecular weight excluding hydrogens is 360 g/mol. The molecule has 1 N–H and O–H groups in total. The Bertz CT molecular complexity index is 874. The summed E-state index contributed by atoms with van der Waals surface area (Å²) < 4.78 is 12.0. The molecule has 3 rings (SSSR count). The van der Waals surface area contributed by atoms with Gasteiger partial charge < -0.3 is 14.8 Å². The molecule has 0 saturated carbocycles. The monoisotopic (exact) mass is 384 g/mol. The number of aryl methyl sites for hydroxylation is 1. The number of ether oxygens (including phenoxy) is 2. The number of anilines is 1. The van der Waals surface area contributed by atoms with Crippen molar-refractivity contribution in [3.8, 4) is 11.5 Å². The highest BCUT2D eigenvalue weighted by atomic mass is 32.1. The van der Waals surface area contributed by atoms with E-state index in [0.29, 0.717) is 30.2 Å². The van der Waals surface area contributed by atoms with E-state index >= 15 is 0 Å². The first-order valence-electron chi connectivity index (χ1n) is 9.14. The van der Waals surface area contributed by atoms with Crippen LogP contribution in [0.4, 0.5) is 5.69 Å². The van der Waals surface area contributed by atoms with Crippen molar-refractivity contribution in [2.24, 2.45) is 0 Å². The van der Waals surface area contributed by atoms with Gasteiger partial charge in [0.05, 0.1) is 28.9 Å². The van der Waals surface area contributed by atoms with Crippen LogP contribution in [0, 0.1) is 0 Å². The predicted octanol–water partition coefficient (Wildman–Crippen LogP) is 5.06. The molecule has 2 aromatic carbocycles. The van der Waals surface area contributed by atoms with Gasteiger partial charge in [-0.05, 0) is 50.5 Å². The van der Waals surface area contributed by atoms with Crippen LogP contribution in [0.2, 0.25) is 0 Å². The third-order valence-corrected chi connectivity index (χ3v) is 5.23. The van der Waals surface area contributed by atoms with Gasteiger partial charge in [0.1, 0.15) is 0 Å². The van der Waals surface area contributed by atoms with Crippen LogP contribution in [0.1, 0.15) is 31.2 Å². The van der Waals surface area contributed by atoms with E-state index in [-0.39, 0.29) is 5.91 Å². The molecule has 0 saturated heterocycles. The average Bonchev–Trinajstić information content (AvgIpc) is 3.09. The molecule has 0 radical (unpaired) electrons. The molecule has 0 spiro atoms. The standard InChI is InChI=1S/C21H24N2O3S/c1-3-26-17-13-12-15(14-18(17)25-2)22-20(24)10-6-7-11-21-23-16-8-4-5-9-19(16)27-21/h4-5,8-9,12-14H,3,6-7,10-11H2,1-2H3,(H,22,24). The molecule has 0 aliphatic rings. The second-order valence-electron chi connectivity index (χ2n) is 6.13. The Morgan fingerprint density at radius 2 is 2.00 bits per heavy atom. The summed E-state index contributed by atoms with van der Waals surface area (Å²) in [4.78, 5) is 16.8. The minimum Gasteiger partial charge on any atom is -0.493 e. The highest BCUT2D eigenvalue weighted by Crippen LogP contribution is 2.30. The number of amides is 1. The molecular formula is C21H24N2O3S. The zero-order valence-corrected chi connectivity index (χ0v) is 16.5. The number of hydrogen-bond donors (Lipinski definition) is 1. The van der Waals surface area contributed by atoms with E-state index in [2.05, 4.69) is 16.4 Å². The first-order chi connectivity index (χ1) is 13.2. The minimum absolute atomic E-state index is 0.00510. The Kier molecular flexibility index (Phi) is 6.65. The minimum atomic E-state index is 0.00510. The van der Waals surface area contributed by atoms with Crippen molar-refractivity contribution in [3.05, 3.63) is 47.5 Å². The molecule has 1 amide bonds. The molecule has 0 atom stereocenters. The third kappa shape index (κ3) is 5.20. The number of carbonyl (C=O) groups excluding carboxylic acids is 1. The van der Waals surface area contributed by atoms with Crippen molar-refractivity contribution in [3.63, 3.8) is 0 Å². The van der Waals surface area contributed by atoms with E-state index < -0.39 is 0 Å². The number of hydrogen-bond acceptors (Lipinski definition) is 5. The van der Waals surface area contributed by atoms with Crippen LogP contribution in [-0.4, -0.2) is 24.6 Å². The van der Waals surface area contributed by atoms with Crippen LogP contribution in [0.25, 0.3) is 10.2 Å². The maximum atomic E-state index is 12.2. The molecule has 0 bridgehead atoms. The number of nitrogens with zero attached hydrogens (tertiary/aromatic N) is 1. The number of rotatable bonds is 9. The molecule has 6 heteroatoms. The summed E-state index contributed by atoms with van der Waals surface area (Å²) in [6, 6.07) is 13.6. The van der Waals surface area contributed by atoms with E-state index in [4.69, 9.17) is 9.47 Å². The summed E-state index contributed by atoms with van der Waals surface area (Å²) in [5.41, 5.74) is 1.77. The Balaban J connectivity index is 1.45. The first-order valence-corrected chi connectivity index (χ1v) is 9.96. The van der Waals surface area contributed by atoms with Crippen molar-refractivity contribution >= 4 is 33.1 Å². The zero-order chi connectivity index (χ0) is 19.1. The second-order valence-corrected chi connectivity index (χ2v) is 7.24. The van der Waals surface area contributed by atoms with E-state index in [1.807, 2.05) is 37.3 Å². The van der Waals surface area contributed by atoms with Gasteiger partial charge in [-0.25, -0.2) is 4.98 Å². The van der Waals surface area contributed by atoms with Crippen molar-refractivity contribution in [1.82, 2.24) is 4.98 Å². The molecule has 27 heavy (non-hydrogen) atoms. The molecule has 1 aromatic heterocycles. The maximum Gasteiger partial charge on any atom is 0.224 e. The highest BCUT2D eigenvalue weighted by molar-refractivity contribution is 7.18. The van der Waals surface area contributed by atoms with Gasteiger partial charge in [-0.15, -0.1) is 11.3 Å². The fourth-order valence-corrected chi connectivity index (χ4v) is 3.84. The van der Waals surface area contributed by atoms with Crippen LogP contribution in [0.15, 0.2) is 42.5 Å². The number of nitrogens with one attached hydrogen (secondary N) is 1. The summed E-state index contributed by atoms with van der Waals surface area (Å²) in [7, 11) is 1.59.